The Balaban J connectivity index is 1.60. The molecule has 0 bridgehead atoms. The third kappa shape index (κ3) is 1.86. The highest BCUT2D eigenvalue weighted by molar-refractivity contribution is 5.86. The van der Waals surface area contributed by atoms with Crippen LogP contribution in [0, 0.1) is 11.2 Å². The summed E-state index contributed by atoms with van der Waals surface area (Å²) in [5, 5.41) is 4.51. The van der Waals surface area contributed by atoms with Crippen molar-refractivity contribution in [3.8, 4) is 5.69 Å². The predicted octanol–water partition coefficient (Wildman–Crippen LogP) is 3.60. The van der Waals surface area contributed by atoms with E-state index in [1.807, 2.05) is 17.0 Å². The molecule has 2 aliphatic carbocycles. The lowest BCUT2D eigenvalue weighted by Crippen LogP contribution is -2.44. The summed E-state index contributed by atoms with van der Waals surface area (Å²) < 4.78 is 20.8. The number of carbonyl (C=O) groups is 1. The number of nitrogens with zero attached hydrogens (tertiary/aromatic N) is 2. The maximum Gasteiger partial charge on any atom is 0.331 e. The van der Waals surface area contributed by atoms with E-state index >= 15 is 0 Å². The monoisotopic (exact) mass is 336 g/mol. The van der Waals surface area contributed by atoms with Crippen LogP contribution in [0.15, 0.2) is 48.2 Å². The van der Waals surface area contributed by atoms with Gasteiger partial charge in [-0.25, -0.2) is 13.9 Å². The first-order valence-electron chi connectivity index (χ1n) is 8.47. The van der Waals surface area contributed by atoms with Gasteiger partial charge in [0.25, 0.3) is 0 Å². The topological polar surface area (TPSA) is 44.1 Å². The zero-order chi connectivity index (χ0) is 17.2. The lowest BCUT2D eigenvalue weighted by atomic mass is 9.67. The quantitative estimate of drug-likeness (QED) is 0.748. The Morgan fingerprint density at radius 3 is 2.80 bits per heavy atom. The van der Waals surface area contributed by atoms with E-state index in [9.17, 15) is 9.18 Å². The fourth-order valence-electron chi connectivity index (χ4n) is 4.54. The Morgan fingerprint density at radius 1 is 1.28 bits per heavy atom. The summed E-state index contributed by atoms with van der Waals surface area (Å²) in [6, 6.07) is 6.34. The van der Waals surface area contributed by atoms with Crippen LogP contribution in [0.2, 0.25) is 0 Å². The molecule has 126 valence electrons. The van der Waals surface area contributed by atoms with Gasteiger partial charge < -0.3 is 4.74 Å². The molecular formula is C20H17FN2O2. The zero-order valence-electron chi connectivity index (χ0n) is 13.8. The van der Waals surface area contributed by atoms with Crippen LogP contribution in [0.1, 0.15) is 31.0 Å². The molecule has 0 N–H and O–H groups in total. The van der Waals surface area contributed by atoms with E-state index in [0.29, 0.717) is 0 Å². The van der Waals surface area contributed by atoms with E-state index in [1.54, 1.807) is 18.2 Å². The number of halogens is 1. The Bertz CT molecular complexity index is 957. The first-order chi connectivity index (χ1) is 12.0. The fraction of sp³-hybridized carbons (Fsp3) is 0.300. The molecule has 2 atom stereocenters. The number of carbonyl (C=O) groups excluding carboxylic acids is 1. The Morgan fingerprint density at radius 2 is 2.08 bits per heavy atom. The van der Waals surface area contributed by atoms with Crippen LogP contribution in [0.3, 0.4) is 0 Å². The van der Waals surface area contributed by atoms with Crippen LogP contribution in [-0.2, 0) is 16.0 Å². The lowest BCUT2D eigenvalue weighted by molar-refractivity contribution is -0.151. The van der Waals surface area contributed by atoms with E-state index in [1.165, 1.54) is 17.7 Å². The summed E-state index contributed by atoms with van der Waals surface area (Å²) in [5.41, 5.74) is 3.49. The van der Waals surface area contributed by atoms with Crippen LogP contribution in [0.4, 0.5) is 4.39 Å². The third-order valence-electron chi connectivity index (χ3n) is 5.99. The Hall–Kier alpha value is -2.69. The molecule has 1 aromatic heterocycles. The number of esters is 1. The van der Waals surface area contributed by atoms with Gasteiger partial charge in [-0.1, -0.05) is 12.5 Å². The predicted molar refractivity (Wildman–Crippen MR) is 90.5 cm³/mol. The number of ether oxygens (including phenoxy) is 1. The van der Waals surface area contributed by atoms with Crippen LogP contribution in [0.5, 0.6) is 0 Å². The summed E-state index contributed by atoms with van der Waals surface area (Å²) in [7, 11) is 0. The van der Waals surface area contributed by atoms with Crippen LogP contribution < -0.4 is 0 Å². The molecule has 5 heteroatoms. The summed E-state index contributed by atoms with van der Waals surface area (Å²) in [4.78, 5) is 11.7. The average Bonchev–Trinajstić information content (AvgIpc) is 3.24. The molecule has 1 aromatic carbocycles. The van der Waals surface area contributed by atoms with E-state index in [-0.39, 0.29) is 17.2 Å². The van der Waals surface area contributed by atoms with Crippen molar-refractivity contribution >= 4 is 12.0 Å². The van der Waals surface area contributed by atoms with Gasteiger partial charge in [-0.15, -0.1) is 0 Å². The zero-order valence-corrected chi connectivity index (χ0v) is 13.8. The van der Waals surface area contributed by atoms with Gasteiger partial charge in [0.1, 0.15) is 11.4 Å². The first-order valence-corrected chi connectivity index (χ1v) is 8.47. The van der Waals surface area contributed by atoms with Gasteiger partial charge in [0, 0.05) is 11.5 Å². The van der Waals surface area contributed by atoms with Crippen LogP contribution in [0.25, 0.3) is 11.8 Å². The molecule has 2 aromatic rings. The molecule has 25 heavy (non-hydrogen) atoms. The minimum atomic E-state index is -0.536. The SMILES string of the molecule is C[C@]12Cc3cnn(-c4ccc(F)cc4)c3C=C1CC[C@@]21C=CC(=O)O1. The van der Waals surface area contributed by atoms with Gasteiger partial charge in [0.15, 0.2) is 0 Å². The molecule has 0 unspecified atom stereocenters. The van der Waals surface area contributed by atoms with Gasteiger partial charge in [-0.3, -0.25) is 0 Å². The molecule has 5 rings (SSSR count). The number of fused-ring (bicyclic) bond motifs is 3. The van der Waals surface area contributed by atoms with Crippen LogP contribution in [-0.4, -0.2) is 21.4 Å². The highest BCUT2D eigenvalue weighted by Gasteiger charge is 2.58. The molecule has 1 fully saturated rings. The number of hydrogen-bond acceptors (Lipinski definition) is 3. The molecule has 1 saturated carbocycles. The summed E-state index contributed by atoms with van der Waals surface area (Å²) in [5.74, 6) is -0.515. The normalized spacial score (nSPS) is 29.5. The third-order valence-corrected chi connectivity index (χ3v) is 5.99. The number of benzene rings is 1. The van der Waals surface area contributed by atoms with Crippen molar-refractivity contribution in [2.75, 3.05) is 0 Å². The van der Waals surface area contributed by atoms with E-state index < -0.39 is 5.60 Å². The first kappa shape index (κ1) is 14.6. The second kappa shape index (κ2) is 4.69. The van der Waals surface area contributed by atoms with Crippen molar-refractivity contribution in [2.45, 2.75) is 31.8 Å². The highest BCUT2D eigenvalue weighted by Crippen LogP contribution is 2.58. The molecule has 0 radical (unpaired) electrons. The maximum absolute atomic E-state index is 13.2. The fourth-order valence-corrected chi connectivity index (χ4v) is 4.54. The van der Waals surface area contributed by atoms with Crippen molar-refractivity contribution < 1.29 is 13.9 Å². The van der Waals surface area contributed by atoms with E-state index in [2.05, 4.69) is 18.1 Å². The molecule has 1 spiro atoms. The summed E-state index contributed by atoms with van der Waals surface area (Å²) in [6.07, 6.45) is 9.99. The molecule has 4 nitrogen and oxygen atoms in total. The van der Waals surface area contributed by atoms with Gasteiger partial charge in [-0.05, 0) is 61.2 Å². The largest absolute Gasteiger partial charge is 0.451 e. The standard InChI is InChI=1S/C20H17FN2O2/c1-19-11-13-12-22-23(16-4-2-15(21)3-5-16)17(13)10-14(19)6-8-20(19)9-7-18(24)25-20/h2-5,7,9-10,12H,6,8,11H2,1H3/t19-,20+/m0/s1. The number of rotatable bonds is 1. The van der Waals surface area contributed by atoms with Crippen molar-refractivity contribution in [3.05, 3.63) is 65.3 Å². The second-order valence-electron chi connectivity index (χ2n) is 7.27. The average molecular weight is 336 g/mol. The summed E-state index contributed by atoms with van der Waals surface area (Å²) in [6.45, 7) is 2.17. The van der Waals surface area contributed by atoms with E-state index in [4.69, 9.17) is 4.74 Å². The number of hydrogen-bond donors (Lipinski definition) is 0. The molecule has 0 saturated heterocycles. The lowest BCUT2D eigenvalue weighted by Gasteiger charge is -2.41. The number of aromatic nitrogens is 2. The minimum Gasteiger partial charge on any atom is -0.451 e. The highest BCUT2D eigenvalue weighted by atomic mass is 19.1. The van der Waals surface area contributed by atoms with Gasteiger partial charge in [0.05, 0.1) is 17.6 Å². The van der Waals surface area contributed by atoms with Gasteiger partial charge in [0.2, 0.25) is 0 Å². The van der Waals surface area contributed by atoms with Crippen molar-refractivity contribution in [2.24, 2.45) is 5.41 Å². The molecule has 3 aliphatic rings. The molecule has 2 heterocycles. The van der Waals surface area contributed by atoms with Crippen molar-refractivity contribution in [1.29, 1.82) is 0 Å². The van der Waals surface area contributed by atoms with Gasteiger partial charge >= 0.3 is 5.97 Å². The Kier molecular flexibility index (Phi) is 2.74. The molecule has 0 amide bonds. The second-order valence-corrected chi connectivity index (χ2v) is 7.27. The van der Waals surface area contributed by atoms with Crippen molar-refractivity contribution in [3.63, 3.8) is 0 Å². The van der Waals surface area contributed by atoms with E-state index in [0.717, 1.165) is 36.2 Å². The van der Waals surface area contributed by atoms with Crippen molar-refractivity contribution in [1.82, 2.24) is 9.78 Å². The van der Waals surface area contributed by atoms with Crippen LogP contribution >= 0.6 is 0 Å². The maximum atomic E-state index is 13.2. The minimum absolute atomic E-state index is 0.237. The Labute approximate surface area is 144 Å². The van der Waals surface area contributed by atoms with Gasteiger partial charge in [-0.2, -0.15) is 5.10 Å². The summed E-state index contributed by atoms with van der Waals surface area (Å²) >= 11 is 0. The smallest absolute Gasteiger partial charge is 0.331 e. The molecular weight excluding hydrogens is 319 g/mol. The molecule has 1 aliphatic heterocycles.